The number of ether oxygens (including phenoxy) is 3. The van der Waals surface area contributed by atoms with Crippen LogP contribution in [0.3, 0.4) is 0 Å². The molecule has 0 saturated carbocycles. The zero-order chi connectivity index (χ0) is 33.0. The number of aliphatic hydroxyl groups is 1. The zero-order valence-corrected chi connectivity index (χ0v) is 26.0. The first-order valence-corrected chi connectivity index (χ1v) is 13.6. The van der Waals surface area contributed by atoms with E-state index in [1.807, 2.05) is 20.8 Å². The van der Waals surface area contributed by atoms with Gasteiger partial charge in [-0.1, -0.05) is 20.8 Å². The molecule has 4 amide bonds. The number of carbonyl (C=O) groups is 6. The van der Waals surface area contributed by atoms with Crippen molar-refractivity contribution in [3.8, 4) is 0 Å². The number of likely N-dealkylation sites (N-methyl/N-ethyl adjacent to an activating group) is 2. The smallest absolute Gasteiger partial charge is 0.312 e. The lowest BCUT2D eigenvalue weighted by molar-refractivity contribution is -0.137. The lowest BCUT2D eigenvalue weighted by atomic mass is 10.1. The van der Waals surface area contributed by atoms with Gasteiger partial charge in [0, 0.05) is 32.2 Å². The van der Waals surface area contributed by atoms with Crippen molar-refractivity contribution in [3.05, 3.63) is 12.2 Å². The van der Waals surface area contributed by atoms with Gasteiger partial charge >= 0.3 is 6.03 Å². The lowest BCUT2D eigenvalue weighted by Gasteiger charge is -2.13. The Balaban J connectivity index is -0.000000270. The number of aliphatic hydroxyl groups excluding tert-OH is 1. The Labute approximate surface area is 249 Å². The van der Waals surface area contributed by atoms with Gasteiger partial charge < -0.3 is 55.4 Å². The predicted molar refractivity (Wildman–Crippen MR) is 159 cm³/mol. The van der Waals surface area contributed by atoms with Gasteiger partial charge in [-0.25, -0.2) is 4.79 Å². The van der Waals surface area contributed by atoms with E-state index in [1.54, 1.807) is 14.1 Å². The van der Waals surface area contributed by atoms with Crippen LogP contribution in [0, 0.1) is 5.92 Å². The molecule has 0 radical (unpaired) electrons. The molecule has 0 aliphatic carbocycles. The Morgan fingerprint density at radius 1 is 0.929 bits per heavy atom. The lowest BCUT2D eigenvalue weighted by Crippen LogP contribution is -2.33. The van der Waals surface area contributed by atoms with E-state index in [-0.39, 0.29) is 24.4 Å². The Morgan fingerprint density at radius 2 is 1.43 bits per heavy atom. The van der Waals surface area contributed by atoms with Crippen LogP contribution in [0.2, 0.25) is 0 Å². The number of nitrogens with zero attached hydrogens (tertiary/aromatic N) is 1. The molecule has 1 aliphatic rings. The molecule has 1 unspecified atom stereocenters. The summed E-state index contributed by atoms with van der Waals surface area (Å²) < 4.78 is 15.6. The second-order valence-electron chi connectivity index (χ2n) is 8.16. The minimum atomic E-state index is -0.443. The van der Waals surface area contributed by atoms with E-state index in [0.717, 1.165) is 37.3 Å². The molecular formula is C27H53N5O10. The maximum absolute atomic E-state index is 11.2. The number of carbonyl (C=O) groups excluding carboxylic acids is 6. The summed E-state index contributed by atoms with van der Waals surface area (Å²) in [6.45, 7) is 9.75. The molecule has 0 bridgehead atoms. The highest BCUT2D eigenvalue weighted by Crippen LogP contribution is 2.02. The summed E-state index contributed by atoms with van der Waals surface area (Å²) in [4.78, 5) is 62.9. The third-order valence-electron chi connectivity index (χ3n) is 4.52. The van der Waals surface area contributed by atoms with Gasteiger partial charge in [-0.15, -0.1) is 0 Å². The SMILES string of the molecule is CCCNC(N)=O.CNC(C=O)C(C)C.CNCC=O.CO.O=CCCOCCOCCOCCN1C(=O)C=CC1=O. The minimum absolute atomic E-state index is 0.0231. The van der Waals surface area contributed by atoms with Crippen LogP contribution < -0.4 is 21.7 Å². The van der Waals surface area contributed by atoms with Crippen molar-refractivity contribution in [2.45, 2.75) is 39.7 Å². The fraction of sp³-hybridized carbons (Fsp3) is 0.704. The Morgan fingerprint density at radius 3 is 1.71 bits per heavy atom. The van der Waals surface area contributed by atoms with Crippen molar-refractivity contribution in [1.82, 2.24) is 20.9 Å². The highest BCUT2D eigenvalue weighted by molar-refractivity contribution is 6.12. The second-order valence-corrected chi connectivity index (χ2v) is 8.16. The molecule has 0 fully saturated rings. The van der Waals surface area contributed by atoms with Crippen molar-refractivity contribution in [2.75, 3.05) is 80.5 Å². The van der Waals surface area contributed by atoms with Crippen molar-refractivity contribution in [1.29, 1.82) is 0 Å². The summed E-state index contributed by atoms with van der Waals surface area (Å²) >= 11 is 0. The maximum Gasteiger partial charge on any atom is 0.312 e. The number of urea groups is 1. The van der Waals surface area contributed by atoms with Crippen LogP contribution in [0.4, 0.5) is 4.79 Å². The van der Waals surface area contributed by atoms with Gasteiger partial charge in [-0.2, -0.15) is 0 Å². The Kier molecular flexibility index (Phi) is 41.4. The number of amides is 4. The molecule has 1 rings (SSSR count). The quantitative estimate of drug-likeness (QED) is 0.0683. The van der Waals surface area contributed by atoms with Gasteiger partial charge in [0.25, 0.3) is 11.8 Å². The topological polar surface area (TPSA) is 216 Å². The number of hydrogen-bond donors (Lipinski definition) is 5. The van der Waals surface area contributed by atoms with Gasteiger partial charge in [0.2, 0.25) is 0 Å². The van der Waals surface area contributed by atoms with E-state index < -0.39 is 6.03 Å². The molecule has 6 N–H and O–H groups in total. The van der Waals surface area contributed by atoms with Gasteiger partial charge in [0.15, 0.2) is 0 Å². The van der Waals surface area contributed by atoms with E-state index in [0.29, 0.717) is 65.1 Å². The van der Waals surface area contributed by atoms with Crippen LogP contribution in [0.15, 0.2) is 12.2 Å². The first kappa shape index (κ1) is 45.9. The highest BCUT2D eigenvalue weighted by atomic mass is 16.5. The summed E-state index contributed by atoms with van der Waals surface area (Å²) in [5.74, 6) is -0.206. The second kappa shape index (κ2) is 37.9. The van der Waals surface area contributed by atoms with Crippen LogP contribution in [0.25, 0.3) is 0 Å². The van der Waals surface area contributed by atoms with E-state index in [9.17, 15) is 28.8 Å². The van der Waals surface area contributed by atoms with Gasteiger partial charge in [-0.3, -0.25) is 14.5 Å². The summed E-state index contributed by atoms with van der Waals surface area (Å²) in [5, 5.41) is 15.0. The number of primary amides is 1. The number of rotatable bonds is 19. The predicted octanol–water partition coefficient (Wildman–Crippen LogP) is -0.943. The van der Waals surface area contributed by atoms with E-state index in [1.165, 1.54) is 12.2 Å². The zero-order valence-electron chi connectivity index (χ0n) is 26.0. The maximum atomic E-state index is 11.2. The minimum Gasteiger partial charge on any atom is -0.400 e. The van der Waals surface area contributed by atoms with Gasteiger partial charge in [0.1, 0.15) is 18.9 Å². The fourth-order valence-corrected chi connectivity index (χ4v) is 2.37. The summed E-state index contributed by atoms with van der Waals surface area (Å²) in [7, 11) is 4.52. The summed E-state index contributed by atoms with van der Waals surface area (Å²) in [5.41, 5.74) is 4.73. The fourth-order valence-electron chi connectivity index (χ4n) is 2.37. The summed E-state index contributed by atoms with van der Waals surface area (Å²) in [6.07, 6.45) is 6.38. The summed E-state index contributed by atoms with van der Waals surface area (Å²) in [6, 6.07) is -0.420. The molecule has 0 saturated heterocycles. The molecular weight excluding hydrogens is 554 g/mol. The van der Waals surface area contributed by atoms with Gasteiger partial charge in [0.05, 0.1) is 58.8 Å². The molecule has 0 aromatic heterocycles. The van der Waals surface area contributed by atoms with Crippen molar-refractivity contribution >= 4 is 36.7 Å². The van der Waals surface area contributed by atoms with Crippen LogP contribution in [0.5, 0.6) is 0 Å². The average Bonchev–Trinajstić information content (AvgIpc) is 3.30. The number of aldehydes is 3. The van der Waals surface area contributed by atoms with Crippen LogP contribution in [0.1, 0.15) is 33.6 Å². The van der Waals surface area contributed by atoms with Crippen LogP contribution >= 0.6 is 0 Å². The molecule has 0 aromatic carbocycles. The standard InChI is InChI=1S/C13H19NO6.C6H13NO.C4H10N2O.C3H7NO.CH4O/c15-5-1-6-18-8-10-20-11-9-19-7-4-14-12(16)2-3-13(14)17;1-5(2)6(4-8)7-3;1-2-3-6-4(5)7;1-4-2-3-5;1-2/h2-3,5H,1,4,6-11H2;4-7H,1-3H3;2-3H2,1H3,(H3,5,6,7);3-4H,2H2,1H3;2H,1H3. The molecule has 246 valence electrons. The highest BCUT2D eigenvalue weighted by Gasteiger charge is 2.22. The van der Waals surface area contributed by atoms with E-state index in [2.05, 4.69) is 16.0 Å². The third-order valence-corrected chi connectivity index (χ3v) is 4.52. The molecule has 42 heavy (non-hydrogen) atoms. The van der Waals surface area contributed by atoms with Crippen LogP contribution in [-0.2, 0) is 38.2 Å². The largest absolute Gasteiger partial charge is 0.400 e. The Bertz CT molecular complexity index is 691. The number of nitrogens with one attached hydrogen (secondary N) is 3. The molecule has 0 spiro atoms. The number of hydrogen-bond acceptors (Lipinski definition) is 12. The molecule has 15 heteroatoms. The number of nitrogens with two attached hydrogens (primary N) is 1. The number of imide groups is 1. The van der Waals surface area contributed by atoms with E-state index in [4.69, 9.17) is 25.1 Å². The van der Waals surface area contributed by atoms with Crippen molar-refractivity contribution in [2.24, 2.45) is 11.7 Å². The van der Waals surface area contributed by atoms with Crippen LogP contribution in [-0.4, -0.2) is 133 Å². The molecule has 1 atom stereocenters. The first-order valence-electron chi connectivity index (χ1n) is 13.6. The average molecular weight is 608 g/mol. The van der Waals surface area contributed by atoms with Crippen molar-refractivity contribution in [3.63, 3.8) is 0 Å². The molecule has 1 heterocycles. The Hall–Kier alpha value is -3.08. The first-order chi connectivity index (χ1) is 20.2. The molecule has 15 nitrogen and oxygen atoms in total. The normalized spacial score (nSPS) is 11.9. The van der Waals surface area contributed by atoms with Gasteiger partial charge in [-0.05, 0) is 26.4 Å². The monoisotopic (exact) mass is 607 g/mol. The van der Waals surface area contributed by atoms with Crippen molar-refractivity contribution < 1.29 is 48.1 Å². The molecule has 1 aliphatic heterocycles. The molecule has 0 aromatic rings. The van der Waals surface area contributed by atoms with E-state index >= 15 is 0 Å². The third kappa shape index (κ3) is 34.9.